The highest BCUT2D eigenvalue weighted by Crippen LogP contribution is 2.10. The van der Waals surface area contributed by atoms with Crippen molar-refractivity contribution in [1.29, 1.82) is 0 Å². The van der Waals surface area contributed by atoms with Crippen molar-refractivity contribution in [2.45, 2.75) is 33.1 Å². The van der Waals surface area contributed by atoms with Gasteiger partial charge in [0.05, 0.1) is 6.61 Å². The predicted molar refractivity (Wildman–Crippen MR) is 68.9 cm³/mol. The minimum absolute atomic E-state index is 0.193. The molecule has 0 aromatic heterocycles. The maximum Gasteiger partial charge on any atom is 0.223 e. The van der Waals surface area contributed by atoms with E-state index in [9.17, 15) is 4.79 Å². The minimum atomic E-state index is 0.193. The van der Waals surface area contributed by atoms with E-state index in [0.29, 0.717) is 19.1 Å². The molecule has 100 valence electrons. The second-order valence-electron chi connectivity index (χ2n) is 5.11. The summed E-state index contributed by atoms with van der Waals surface area (Å²) in [6.07, 6.45) is 3.00. The van der Waals surface area contributed by atoms with Gasteiger partial charge in [0.25, 0.3) is 0 Å². The van der Waals surface area contributed by atoms with Gasteiger partial charge < -0.3 is 15.4 Å². The predicted octanol–water partition coefficient (Wildman–Crippen LogP) is 1.16. The second-order valence-corrected chi connectivity index (χ2v) is 5.11. The first-order valence-corrected chi connectivity index (χ1v) is 6.76. The molecule has 0 spiro atoms. The van der Waals surface area contributed by atoms with Crippen LogP contribution >= 0.6 is 0 Å². The lowest BCUT2D eigenvalue weighted by Gasteiger charge is -2.21. The van der Waals surface area contributed by atoms with Crippen LogP contribution in [0.2, 0.25) is 0 Å². The Morgan fingerprint density at radius 3 is 2.71 bits per heavy atom. The summed E-state index contributed by atoms with van der Waals surface area (Å²) in [7, 11) is 0. The van der Waals surface area contributed by atoms with Gasteiger partial charge in [-0.3, -0.25) is 4.79 Å². The Morgan fingerprint density at radius 2 is 2.06 bits per heavy atom. The molecule has 1 fully saturated rings. The topological polar surface area (TPSA) is 50.4 Å². The maximum absolute atomic E-state index is 11.7. The summed E-state index contributed by atoms with van der Waals surface area (Å²) in [5, 5.41) is 6.21. The van der Waals surface area contributed by atoms with Gasteiger partial charge in [0.1, 0.15) is 0 Å². The summed E-state index contributed by atoms with van der Waals surface area (Å²) in [4.78, 5) is 11.7. The maximum atomic E-state index is 11.7. The van der Waals surface area contributed by atoms with Gasteiger partial charge in [-0.15, -0.1) is 0 Å². The molecule has 1 rings (SSSR count). The first-order chi connectivity index (χ1) is 8.20. The van der Waals surface area contributed by atoms with Crippen LogP contribution in [-0.4, -0.2) is 38.8 Å². The van der Waals surface area contributed by atoms with Crippen molar-refractivity contribution in [3.8, 4) is 0 Å². The molecule has 0 bridgehead atoms. The fourth-order valence-corrected chi connectivity index (χ4v) is 1.90. The molecule has 0 aliphatic carbocycles. The van der Waals surface area contributed by atoms with E-state index in [0.717, 1.165) is 39.0 Å². The molecule has 0 aromatic rings. The summed E-state index contributed by atoms with van der Waals surface area (Å²) in [6.45, 7) is 8.35. The molecule has 4 heteroatoms. The van der Waals surface area contributed by atoms with E-state index >= 15 is 0 Å². The number of piperidine rings is 1. The lowest BCUT2D eigenvalue weighted by atomic mass is 9.97. The van der Waals surface area contributed by atoms with Crippen LogP contribution in [0.25, 0.3) is 0 Å². The first-order valence-electron chi connectivity index (χ1n) is 6.76. The summed E-state index contributed by atoms with van der Waals surface area (Å²) in [6, 6.07) is 0. The van der Waals surface area contributed by atoms with Crippen molar-refractivity contribution >= 4 is 5.91 Å². The summed E-state index contributed by atoms with van der Waals surface area (Å²) < 4.78 is 5.46. The fraction of sp³-hybridized carbons (Fsp3) is 0.923. The number of ether oxygens (including phenoxy) is 1. The van der Waals surface area contributed by atoms with Gasteiger partial charge in [-0.05, 0) is 38.3 Å². The van der Waals surface area contributed by atoms with Crippen LogP contribution in [0, 0.1) is 11.8 Å². The van der Waals surface area contributed by atoms with Crippen molar-refractivity contribution in [3.05, 3.63) is 0 Å². The van der Waals surface area contributed by atoms with Crippen LogP contribution in [0.4, 0.5) is 0 Å². The van der Waals surface area contributed by atoms with Gasteiger partial charge in [0.15, 0.2) is 0 Å². The third kappa shape index (κ3) is 6.64. The van der Waals surface area contributed by atoms with Crippen molar-refractivity contribution in [1.82, 2.24) is 10.6 Å². The fourth-order valence-electron chi connectivity index (χ4n) is 1.90. The Kier molecular flexibility index (Phi) is 7.21. The molecule has 1 aliphatic rings. The van der Waals surface area contributed by atoms with E-state index in [2.05, 4.69) is 24.5 Å². The van der Waals surface area contributed by atoms with Gasteiger partial charge in [-0.1, -0.05) is 13.8 Å². The molecule has 17 heavy (non-hydrogen) atoms. The third-order valence-electron chi connectivity index (χ3n) is 3.10. The summed E-state index contributed by atoms with van der Waals surface area (Å²) in [5.74, 6) is 1.07. The molecule has 2 N–H and O–H groups in total. The molecule has 0 unspecified atom stereocenters. The Bertz CT molecular complexity index is 213. The molecule has 0 atom stereocenters. The van der Waals surface area contributed by atoms with E-state index in [1.807, 2.05) is 0 Å². The third-order valence-corrected chi connectivity index (χ3v) is 3.10. The van der Waals surface area contributed by atoms with Crippen LogP contribution in [0.5, 0.6) is 0 Å². The van der Waals surface area contributed by atoms with E-state index in [4.69, 9.17) is 4.74 Å². The average Bonchev–Trinajstić information content (AvgIpc) is 2.34. The zero-order chi connectivity index (χ0) is 12.5. The first kappa shape index (κ1) is 14.5. The largest absolute Gasteiger partial charge is 0.380 e. The van der Waals surface area contributed by atoms with Crippen molar-refractivity contribution in [3.63, 3.8) is 0 Å². The van der Waals surface area contributed by atoms with Crippen LogP contribution < -0.4 is 10.6 Å². The Balaban J connectivity index is 1.96. The van der Waals surface area contributed by atoms with Gasteiger partial charge in [0, 0.05) is 19.1 Å². The monoisotopic (exact) mass is 242 g/mol. The smallest absolute Gasteiger partial charge is 0.223 e. The number of carbonyl (C=O) groups excluding carboxylic acids is 1. The molecule has 4 nitrogen and oxygen atoms in total. The normalized spacial score (nSPS) is 17.4. The quantitative estimate of drug-likeness (QED) is 0.659. The zero-order valence-corrected chi connectivity index (χ0v) is 11.1. The van der Waals surface area contributed by atoms with Crippen molar-refractivity contribution in [2.24, 2.45) is 11.8 Å². The Labute approximate surface area is 104 Å². The number of carbonyl (C=O) groups is 1. The number of amides is 1. The van der Waals surface area contributed by atoms with Crippen LogP contribution in [0.3, 0.4) is 0 Å². The van der Waals surface area contributed by atoms with E-state index < -0.39 is 0 Å². The lowest BCUT2D eigenvalue weighted by Crippen LogP contribution is -2.39. The highest BCUT2D eigenvalue weighted by Gasteiger charge is 2.19. The molecule has 1 amide bonds. The molecular weight excluding hydrogens is 216 g/mol. The molecule has 1 aliphatic heterocycles. The van der Waals surface area contributed by atoms with E-state index in [-0.39, 0.29) is 11.8 Å². The van der Waals surface area contributed by atoms with Gasteiger partial charge >= 0.3 is 0 Å². The van der Waals surface area contributed by atoms with Gasteiger partial charge in [-0.25, -0.2) is 0 Å². The van der Waals surface area contributed by atoms with Crippen LogP contribution in [0.15, 0.2) is 0 Å². The molecule has 1 heterocycles. The van der Waals surface area contributed by atoms with E-state index in [1.54, 1.807) is 0 Å². The second kappa shape index (κ2) is 8.48. The number of hydrogen-bond donors (Lipinski definition) is 2. The minimum Gasteiger partial charge on any atom is -0.380 e. The Morgan fingerprint density at radius 1 is 1.35 bits per heavy atom. The number of hydrogen-bond acceptors (Lipinski definition) is 3. The molecule has 0 radical (unpaired) electrons. The average molecular weight is 242 g/mol. The number of nitrogens with one attached hydrogen (secondary N) is 2. The number of rotatable bonds is 7. The van der Waals surface area contributed by atoms with Gasteiger partial charge in [-0.2, -0.15) is 0 Å². The van der Waals surface area contributed by atoms with Crippen LogP contribution in [-0.2, 0) is 9.53 Å². The SMILES string of the molecule is CC(C)CCOCCNC(=O)C1CCNCC1. The molecule has 0 saturated carbocycles. The standard InChI is InChI=1S/C13H26N2O2/c1-11(2)5-9-17-10-8-15-13(16)12-3-6-14-7-4-12/h11-12,14H,3-10H2,1-2H3,(H,15,16). The molecular formula is C13H26N2O2. The Hall–Kier alpha value is -0.610. The lowest BCUT2D eigenvalue weighted by molar-refractivity contribution is -0.126. The molecule has 0 aromatic carbocycles. The van der Waals surface area contributed by atoms with Crippen molar-refractivity contribution in [2.75, 3.05) is 32.8 Å². The zero-order valence-electron chi connectivity index (χ0n) is 11.1. The van der Waals surface area contributed by atoms with E-state index in [1.165, 1.54) is 0 Å². The highest BCUT2D eigenvalue weighted by atomic mass is 16.5. The summed E-state index contributed by atoms with van der Waals surface area (Å²) >= 11 is 0. The highest BCUT2D eigenvalue weighted by molar-refractivity contribution is 5.78. The molecule has 1 saturated heterocycles. The van der Waals surface area contributed by atoms with Gasteiger partial charge in [0.2, 0.25) is 5.91 Å². The van der Waals surface area contributed by atoms with Crippen LogP contribution in [0.1, 0.15) is 33.1 Å². The van der Waals surface area contributed by atoms with Crippen molar-refractivity contribution < 1.29 is 9.53 Å². The summed E-state index contributed by atoms with van der Waals surface area (Å²) in [5.41, 5.74) is 0.